The highest BCUT2D eigenvalue weighted by molar-refractivity contribution is 6.30. The van der Waals surface area contributed by atoms with Crippen molar-refractivity contribution in [1.82, 2.24) is 5.43 Å². The van der Waals surface area contributed by atoms with Crippen molar-refractivity contribution in [2.24, 2.45) is 11.0 Å². The van der Waals surface area contributed by atoms with Crippen molar-refractivity contribution < 1.29 is 9.53 Å². The first-order valence-corrected chi connectivity index (χ1v) is 7.74. The predicted octanol–water partition coefficient (Wildman–Crippen LogP) is 4.14. The highest BCUT2D eigenvalue weighted by Gasteiger charge is 2.04. The van der Waals surface area contributed by atoms with Crippen LogP contribution in [0.4, 0.5) is 0 Å². The molecule has 0 heterocycles. The fourth-order valence-electron chi connectivity index (χ4n) is 1.74. The molecule has 0 bridgehead atoms. The van der Waals surface area contributed by atoms with Crippen LogP contribution in [0.5, 0.6) is 5.75 Å². The predicted molar refractivity (Wildman–Crippen MR) is 93.3 cm³/mol. The molecule has 0 aliphatic rings. The van der Waals surface area contributed by atoms with Gasteiger partial charge < -0.3 is 4.74 Å². The molecule has 0 atom stereocenters. The summed E-state index contributed by atoms with van der Waals surface area (Å²) in [5.41, 5.74) is 3.87. The van der Waals surface area contributed by atoms with Gasteiger partial charge in [0.1, 0.15) is 5.75 Å². The largest absolute Gasteiger partial charge is 0.493 e. The van der Waals surface area contributed by atoms with Gasteiger partial charge in [-0.3, -0.25) is 4.79 Å². The van der Waals surface area contributed by atoms with Crippen LogP contribution < -0.4 is 10.2 Å². The molecule has 4 nitrogen and oxygen atoms in total. The number of rotatable bonds is 6. The van der Waals surface area contributed by atoms with Crippen molar-refractivity contribution in [2.45, 2.75) is 13.8 Å². The Balaban J connectivity index is 1.89. The van der Waals surface area contributed by atoms with Gasteiger partial charge in [0.2, 0.25) is 0 Å². The number of halogens is 1. The van der Waals surface area contributed by atoms with E-state index in [1.165, 1.54) is 0 Å². The number of nitrogens with one attached hydrogen (secondary N) is 1. The number of benzene rings is 2. The number of hydrazone groups is 1. The number of nitrogens with zero attached hydrogens (tertiary/aromatic N) is 1. The number of hydrogen-bond donors (Lipinski definition) is 1. The van der Waals surface area contributed by atoms with E-state index in [1.807, 2.05) is 12.1 Å². The first kappa shape index (κ1) is 17.0. The summed E-state index contributed by atoms with van der Waals surface area (Å²) in [5, 5.41) is 4.59. The van der Waals surface area contributed by atoms with Crippen molar-refractivity contribution in [1.29, 1.82) is 0 Å². The minimum Gasteiger partial charge on any atom is -0.493 e. The molecular formula is C18H19ClN2O2. The van der Waals surface area contributed by atoms with Gasteiger partial charge in [0.15, 0.2) is 0 Å². The lowest BCUT2D eigenvalue weighted by Gasteiger charge is -2.08. The standard InChI is InChI=1S/C18H19ClN2O2/c1-13(2)12-23-17-9-5-15(6-10-17)18(22)21-20-11-14-3-7-16(19)8-4-14/h3-11,13H,12H2,1-2H3,(H,21,22). The molecule has 0 spiro atoms. The summed E-state index contributed by atoms with van der Waals surface area (Å²) in [6, 6.07) is 14.1. The van der Waals surface area contributed by atoms with E-state index in [0.717, 1.165) is 11.3 Å². The second-order valence-corrected chi connectivity index (χ2v) is 5.92. The molecule has 0 saturated carbocycles. The first-order chi connectivity index (χ1) is 11.0. The van der Waals surface area contributed by atoms with E-state index in [2.05, 4.69) is 24.4 Å². The smallest absolute Gasteiger partial charge is 0.271 e. The number of hydrogen-bond acceptors (Lipinski definition) is 3. The maximum atomic E-state index is 12.0. The van der Waals surface area contributed by atoms with Crippen molar-refractivity contribution in [2.75, 3.05) is 6.61 Å². The Hall–Kier alpha value is -2.33. The van der Waals surface area contributed by atoms with Crippen LogP contribution in [0.15, 0.2) is 53.6 Å². The van der Waals surface area contributed by atoms with Gasteiger partial charge in [-0.05, 0) is 47.9 Å². The van der Waals surface area contributed by atoms with Crippen LogP contribution in [0, 0.1) is 5.92 Å². The summed E-state index contributed by atoms with van der Waals surface area (Å²) in [5.74, 6) is 0.936. The molecule has 2 aromatic rings. The molecule has 23 heavy (non-hydrogen) atoms. The quantitative estimate of drug-likeness (QED) is 0.639. The van der Waals surface area contributed by atoms with Crippen LogP contribution in [0.1, 0.15) is 29.8 Å². The normalized spacial score (nSPS) is 11.0. The zero-order valence-electron chi connectivity index (χ0n) is 13.1. The third kappa shape index (κ3) is 5.75. The molecule has 0 fully saturated rings. The van der Waals surface area contributed by atoms with Gasteiger partial charge in [-0.15, -0.1) is 0 Å². The zero-order valence-corrected chi connectivity index (χ0v) is 13.9. The Morgan fingerprint density at radius 3 is 2.43 bits per heavy atom. The van der Waals surface area contributed by atoms with Gasteiger partial charge in [0.25, 0.3) is 5.91 Å². The van der Waals surface area contributed by atoms with Crippen molar-refractivity contribution >= 4 is 23.7 Å². The van der Waals surface area contributed by atoms with Crippen molar-refractivity contribution in [3.05, 3.63) is 64.7 Å². The van der Waals surface area contributed by atoms with Gasteiger partial charge in [0, 0.05) is 10.6 Å². The minimum atomic E-state index is -0.273. The van der Waals surface area contributed by atoms with Gasteiger partial charge in [-0.2, -0.15) is 5.10 Å². The van der Waals surface area contributed by atoms with Crippen LogP contribution in [-0.4, -0.2) is 18.7 Å². The SMILES string of the molecule is CC(C)COc1ccc(C(=O)NN=Cc2ccc(Cl)cc2)cc1. The molecule has 0 aliphatic carbocycles. The molecule has 120 valence electrons. The Kier molecular flexibility index (Phi) is 6.18. The summed E-state index contributed by atoms with van der Waals surface area (Å²) in [7, 11) is 0. The Bertz CT molecular complexity index is 664. The number of carbonyl (C=O) groups is 1. The summed E-state index contributed by atoms with van der Waals surface area (Å²) >= 11 is 5.80. The molecule has 0 aromatic heterocycles. The van der Waals surface area contributed by atoms with Crippen LogP contribution in [-0.2, 0) is 0 Å². The molecule has 1 amide bonds. The molecule has 2 aromatic carbocycles. The topological polar surface area (TPSA) is 50.7 Å². The van der Waals surface area contributed by atoms with Crippen LogP contribution >= 0.6 is 11.6 Å². The Labute approximate surface area is 141 Å². The molecular weight excluding hydrogens is 312 g/mol. The van der Waals surface area contributed by atoms with Crippen molar-refractivity contribution in [3.8, 4) is 5.75 Å². The molecule has 1 N–H and O–H groups in total. The second kappa shape index (κ2) is 8.34. The molecule has 2 rings (SSSR count). The van der Waals surface area contributed by atoms with Gasteiger partial charge in [0.05, 0.1) is 12.8 Å². The van der Waals surface area contributed by atoms with Crippen LogP contribution in [0.3, 0.4) is 0 Å². The van der Waals surface area contributed by atoms with E-state index in [1.54, 1.807) is 42.6 Å². The zero-order chi connectivity index (χ0) is 16.7. The first-order valence-electron chi connectivity index (χ1n) is 7.36. The van der Waals surface area contributed by atoms with E-state index in [9.17, 15) is 4.79 Å². The summed E-state index contributed by atoms with van der Waals surface area (Å²) in [6.45, 7) is 4.82. The summed E-state index contributed by atoms with van der Waals surface area (Å²) in [4.78, 5) is 12.0. The van der Waals surface area contributed by atoms with E-state index in [4.69, 9.17) is 16.3 Å². The molecule has 5 heteroatoms. The van der Waals surface area contributed by atoms with E-state index in [0.29, 0.717) is 23.1 Å². The average molecular weight is 331 g/mol. The van der Waals surface area contributed by atoms with Crippen molar-refractivity contribution in [3.63, 3.8) is 0 Å². The maximum Gasteiger partial charge on any atom is 0.271 e. The third-order valence-corrected chi connectivity index (χ3v) is 3.20. The monoisotopic (exact) mass is 330 g/mol. The maximum absolute atomic E-state index is 12.0. The van der Waals surface area contributed by atoms with E-state index >= 15 is 0 Å². The molecule has 0 radical (unpaired) electrons. The molecule has 0 saturated heterocycles. The fraction of sp³-hybridized carbons (Fsp3) is 0.222. The highest BCUT2D eigenvalue weighted by atomic mass is 35.5. The lowest BCUT2D eigenvalue weighted by molar-refractivity contribution is 0.0955. The molecule has 0 unspecified atom stereocenters. The number of amides is 1. The Morgan fingerprint density at radius 2 is 1.83 bits per heavy atom. The van der Waals surface area contributed by atoms with Gasteiger partial charge in [-0.1, -0.05) is 37.6 Å². The lowest BCUT2D eigenvalue weighted by atomic mass is 10.2. The Morgan fingerprint density at radius 1 is 1.17 bits per heavy atom. The third-order valence-electron chi connectivity index (χ3n) is 2.95. The second-order valence-electron chi connectivity index (χ2n) is 5.48. The number of carbonyl (C=O) groups excluding carboxylic acids is 1. The fourth-order valence-corrected chi connectivity index (χ4v) is 1.87. The van der Waals surface area contributed by atoms with Gasteiger partial charge in [-0.25, -0.2) is 5.43 Å². The lowest BCUT2D eigenvalue weighted by Crippen LogP contribution is -2.17. The highest BCUT2D eigenvalue weighted by Crippen LogP contribution is 2.13. The van der Waals surface area contributed by atoms with Gasteiger partial charge >= 0.3 is 0 Å². The van der Waals surface area contributed by atoms with Crippen LogP contribution in [0.2, 0.25) is 5.02 Å². The number of ether oxygens (including phenoxy) is 1. The summed E-state index contributed by atoms with van der Waals surface area (Å²) < 4.78 is 5.58. The van der Waals surface area contributed by atoms with E-state index in [-0.39, 0.29) is 5.91 Å². The molecule has 0 aliphatic heterocycles. The van der Waals surface area contributed by atoms with E-state index < -0.39 is 0 Å². The van der Waals surface area contributed by atoms with Crippen LogP contribution in [0.25, 0.3) is 0 Å². The summed E-state index contributed by atoms with van der Waals surface area (Å²) in [6.07, 6.45) is 1.56. The average Bonchev–Trinajstić information content (AvgIpc) is 2.55. The minimum absolute atomic E-state index is 0.273.